The quantitative estimate of drug-likeness (QED) is 0.781. The number of nitrogens with zero attached hydrogens (tertiary/aromatic N) is 5. The van der Waals surface area contributed by atoms with Gasteiger partial charge in [0.25, 0.3) is 0 Å². The van der Waals surface area contributed by atoms with Gasteiger partial charge >= 0.3 is 6.18 Å². The zero-order valence-corrected chi connectivity index (χ0v) is 14.6. The molecule has 0 N–H and O–H groups in total. The number of aromatic nitrogens is 2. The monoisotopic (exact) mass is 373 g/mol. The van der Waals surface area contributed by atoms with Crippen molar-refractivity contribution in [3.8, 4) is 0 Å². The first-order valence-electron chi connectivity index (χ1n) is 8.58. The summed E-state index contributed by atoms with van der Waals surface area (Å²) in [4.78, 5) is 25.7. The molecule has 10 heteroatoms. The Morgan fingerprint density at radius 1 is 1.12 bits per heavy atom. The second kappa shape index (κ2) is 7.75. The molecule has 1 aromatic heterocycles. The molecule has 0 spiro atoms. The zero-order valence-electron chi connectivity index (χ0n) is 14.6. The number of aryl methyl sites for hydroxylation is 1. The Balaban J connectivity index is 1.58. The summed E-state index contributed by atoms with van der Waals surface area (Å²) in [5.41, 5.74) is -0.668. The summed E-state index contributed by atoms with van der Waals surface area (Å²) in [5, 5.41) is 0. The Bertz CT molecular complexity index is 641. The fourth-order valence-corrected chi connectivity index (χ4v) is 3.05. The first-order chi connectivity index (χ1) is 12.3. The number of morpholine rings is 1. The highest BCUT2D eigenvalue weighted by Crippen LogP contribution is 2.29. The number of ether oxygens (including phenoxy) is 1. The molecule has 2 aliphatic rings. The van der Waals surface area contributed by atoms with Crippen LogP contribution in [0.3, 0.4) is 0 Å². The van der Waals surface area contributed by atoms with Gasteiger partial charge in [-0.25, -0.2) is 9.97 Å². The van der Waals surface area contributed by atoms with E-state index in [0.29, 0.717) is 45.9 Å². The maximum absolute atomic E-state index is 12.9. The van der Waals surface area contributed by atoms with Crippen LogP contribution in [0.25, 0.3) is 0 Å². The number of anilines is 1. The predicted molar refractivity (Wildman–Crippen MR) is 87.8 cm³/mol. The van der Waals surface area contributed by atoms with Crippen molar-refractivity contribution in [1.82, 2.24) is 19.8 Å². The standard InChI is InChI=1S/C16H22F3N5O2/c1-12-10-13(16(17,18)19)21-15(20-12)24-4-2-23(3-5-24)14(25)11-22-6-8-26-9-7-22/h10H,2-9,11H2,1H3. The van der Waals surface area contributed by atoms with Gasteiger partial charge in [0, 0.05) is 45.0 Å². The highest BCUT2D eigenvalue weighted by molar-refractivity contribution is 5.78. The molecule has 1 aromatic rings. The fraction of sp³-hybridized carbons (Fsp3) is 0.688. The van der Waals surface area contributed by atoms with Crippen molar-refractivity contribution in [3.05, 3.63) is 17.5 Å². The van der Waals surface area contributed by atoms with E-state index >= 15 is 0 Å². The van der Waals surface area contributed by atoms with Crippen molar-refractivity contribution in [2.24, 2.45) is 0 Å². The molecule has 2 saturated heterocycles. The van der Waals surface area contributed by atoms with Gasteiger partial charge in [0.15, 0.2) is 0 Å². The number of amides is 1. The first kappa shape index (κ1) is 18.8. The van der Waals surface area contributed by atoms with Crippen LogP contribution in [0.1, 0.15) is 11.4 Å². The van der Waals surface area contributed by atoms with Gasteiger partial charge < -0.3 is 14.5 Å². The largest absolute Gasteiger partial charge is 0.433 e. The molecule has 144 valence electrons. The third-order valence-electron chi connectivity index (χ3n) is 4.51. The van der Waals surface area contributed by atoms with Gasteiger partial charge in [-0.15, -0.1) is 0 Å². The van der Waals surface area contributed by atoms with Crippen molar-refractivity contribution < 1.29 is 22.7 Å². The predicted octanol–water partition coefficient (Wildman–Crippen LogP) is 0.785. The van der Waals surface area contributed by atoms with E-state index in [1.807, 2.05) is 0 Å². The van der Waals surface area contributed by atoms with Gasteiger partial charge in [0.2, 0.25) is 11.9 Å². The van der Waals surface area contributed by atoms with Gasteiger partial charge in [-0.05, 0) is 13.0 Å². The highest BCUT2D eigenvalue weighted by atomic mass is 19.4. The van der Waals surface area contributed by atoms with E-state index in [-0.39, 0.29) is 17.5 Å². The van der Waals surface area contributed by atoms with Crippen LogP contribution in [0.4, 0.5) is 19.1 Å². The van der Waals surface area contributed by atoms with E-state index in [4.69, 9.17) is 4.74 Å². The number of hydrogen-bond acceptors (Lipinski definition) is 6. The molecule has 0 aliphatic carbocycles. The topological polar surface area (TPSA) is 61.8 Å². The molecule has 3 heterocycles. The Hall–Kier alpha value is -1.94. The average molecular weight is 373 g/mol. The number of rotatable bonds is 3. The van der Waals surface area contributed by atoms with E-state index in [9.17, 15) is 18.0 Å². The molecule has 3 rings (SSSR count). The molecule has 0 unspecified atom stereocenters. The minimum Gasteiger partial charge on any atom is -0.379 e. The zero-order chi connectivity index (χ0) is 18.7. The third-order valence-corrected chi connectivity index (χ3v) is 4.51. The Morgan fingerprint density at radius 2 is 1.77 bits per heavy atom. The molecule has 26 heavy (non-hydrogen) atoms. The summed E-state index contributed by atoms with van der Waals surface area (Å²) in [6.45, 7) is 6.33. The summed E-state index contributed by atoms with van der Waals surface area (Å²) < 4.78 is 44.1. The van der Waals surface area contributed by atoms with Crippen LogP contribution in [-0.4, -0.2) is 84.7 Å². The first-order valence-corrected chi connectivity index (χ1v) is 8.58. The molecule has 0 saturated carbocycles. The highest BCUT2D eigenvalue weighted by Gasteiger charge is 2.34. The lowest BCUT2D eigenvalue weighted by atomic mass is 10.3. The van der Waals surface area contributed by atoms with Gasteiger partial charge in [-0.2, -0.15) is 13.2 Å². The van der Waals surface area contributed by atoms with Crippen LogP contribution in [-0.2, 0) is 15.7 Å². The second-order valence-corrected chi connectivity index (χ2v) is 6.45. The number of carbonyl (C=O) groups excluding carboxylic acids is 1. The molecule has 1 amide bonds. The number of alkyl halides is 3. The van der Waals surface area contributed by atoms with E-state index < -0.39 is 11.9 Å². The minimum atomic E-state index is -4.50. The molecular formula is C16H22F3N5O2. The van der Waals surface area contributed by atoms with Crippen molar-refractivity contribution in [3.63, 3.8) is 0 Å². The van der Waals surface area contributed by atoms with E-state index in [1.54, 1.807) is 9.80 Å². The van der Waals surface area contributed by atoms with Crippen molar-refractivity contribution in [2.75, 3.05) is 63.9 Å². The Labute approximate surface area is 149 Å². The average Bonchev–Trinajstić information content (AvgIpc) is 2.61. The van der Waals surface area contributed by atoms with Crippen molar-refractivity contribution in [2.45, 2.75) is 13.1 Å². The Morgan fingerprint density at radius 3 is 2.38 bits per heavy atom. The molecule has 0 bridgehead atoms. The third kappa shape index (κ3) is 4.61. The molecule has 0 atom stereocenters. The van der Waals surface area contributed by atoms with E-state index in [0.717, 1.165) is 19.2 Å². The smallest absolute Gasteiger partial charge is 0.379 e. The van der Waals surface area contributed by atoms with Crippen molar-refractivity contribution >= 4 is 11.9 Å². The number of carbonyl (C=O) groups is 1. The summed E-state index contributed by atoms with van der Waals surface area (Å²) >= 11 is 0. The molecule has 2 aliphatic heterocycles. The van der Waals surface area contributed by atoms with Crippen LogP contribution in [0.15, 0.2) is 6.07 Å². The van der Waals surface area contributed by atoms with Crippen LogP contribution in [0.2, 0.25) is 0 Å². The number of hydrogen-bond donors (Lipinski definition) is 0. The Kier molecular flexibility index (Phi) is 5.61. The second-order valence-electron chi connectivity index (χ2n) is 6.45. The van der Waals surface area contributed by atoms with Gasteiger partial charge in [0.05, 0.1) is 19.8 Å². The summed E-state index contributed by atoms with van der Waals surface area (Å²) in [6, 6.07) is 0.936. The van der Waals surface area contributed by atoms with E-state index in [2.05, 4.69) is 14.9 Å². The maximum Gasteiger partial charge on any atom is 0.433 e. The molecule has 0 aromatic carbocycles. The normalized spacial score (nSPS) is 19.7. The van der Waals surface area contributed by atoms with Gasteiger partial charge in [-0.1, -0.05) is 0 Å². The summed E-state index contributed by atoms with van der Waals surface area (Å²) in [6.07, 6.45) is -4.50. The summed E-state index contributed by atoms with van der Waals surface area (Å²) in [7, 11) is 0. The number of piperazine rings is 1. The summed E-state index contributed by atoms with van der Waals surface area (Å²) in [5.74, 6) is 0.102. The molecule has 0 radical (unpaired) electrons. The van der Waals surface area contributed by atoms with Crippen LogP contribution >= 0.6 is 0 Å². The molecule has 7 nitrogen and oxygen atoms in total. The minimum absolute atomic E-state index is 0.0349. The van der Waals surface area contributed by atoms with Crippen LogP contribution < -0.4 is 4.90 Å². The SMILES string of the molecule is Cc1cc(C(F)(F)F)nc(N2CCN(C(=O)CN3CCOCC3)CC2)n1. The number of halogens is 3. The maximum atomic E-state index is 12.9. The van der Waals surface area contributed by atoms with Crippen LogP contribution in [0.5, 0.6) is 0 Å². The lowest BCUT2D eigenvalue weighted by Gasteiger charge is -2.36. The van der Waals surface area contributed by atoms with E-state index in [1.165, 1.54) is 6.92 Å². The lowest BCUT2D eigenvalue weighted by molar-refractivity contribution is -0.141. The van der Waals surface area contributed by atoms with Gasteiger partial charge in [0.1, 0.15) is 5.69 Å². The van der Waals surface area contributed by atoms with Crippen LogP contribution in [0, 0.1) is 6.92 Å². The van der Waals surface area contributed by atoms with Gasteiger partial charge in [-0.3, -0.25) is 9.69 Å². The lowest BCUT2D eigenvalue weighted by Crippen LogP contribution is -2.52. The molecule has 2 fully saturated rings. The van der Waals surface area contributed by atoms with Crippen molar-refractivity contribution in [1.29, 1.82) is 0 Å². The fourth-order valence-electron chi connectivity index (χ4n) is 3.05. The molecular weight excluding hydrogens is 351 g/mol.